The summed E-state index contributed by atoms with van der Waals surface area (Å²) in [5, 5.41) is 15.0. The predicted molar refractivity (Wildman–Crippen MR) is 131 cm³/mol. The van der Waals surface area contributed by atoms with Crippen LogP contribution in [0.1, 0.15) is 5.56 Å². The Morgan fingerprint density at radius 1 is 1.03 bits per heavy atom. The van der Waals surface area contributed by atoms with E-state index in [-0.39, 0.29) is 16.5 Å². The van der Waals surface area contributed by atoms with Gasteiger partial charge in [-0.05, 0) is 35.9 Å². The lowest BCUT2D eigenvalue weighted by Crippen LogP contribution is -2.48. The smallest absolute Gasteiger partial charge is 0.271 e. The van der Waals surface area contributed by atoms with Crippen LogP contribution >= 0.6 is 11.8 Å². The summed E-state index contributed by atoms with van der Waals surface area (Å²) in [6, 6.07) is 20.4. The number of rotatable bonds is 8. The fourth-order valence-corrected chi connectivity index (χ4v) is 4.50. The fourth-order valence-electron chi connectivity index (χ4n) is 3.70. The minimum atomic E-state index is -0.379. The zero-order valence-electron chi connectivity index (χ0n) is 18.1. The molecule has 0 aliphatic carbocycles. The highest BCUT2D eigenvalue weighted by Gasteiger charge is 2.20. The van der Waals surface area contributed by atoms with E-state index in [9.17, 15) is 14.9 Å². The van der Waals surface area contributed by atoms with E-state index < -0.39 is 0 Å². The van der Waals surface area contributed by atoms with Crippen LogP contribution in [-0.2, 0) is 10.5 Å². The van der Waals surface area contributed by atoms with Crippen LogP contribution in [0.3, 0.4) is 0 Å². The van der Waals surface area contributed by atoms with Crippen LogP contribution in [0.5, 0.6) is 0 Å². The van der Waals surface area contributed by atoms with Crippen molar-refractivity contribution in [3.63, 3.8) is 0 Å². The summed E-state index contributed by atoms with van der Waals surface area (Å²) in [5.74, 6) is 0.730. The lowest BCUT2D eigenvalue weighted by Gasteiger charge is -2.35. The number of amides is 1. The van der Waals surface area contributed by atoms with Gasteiger partial charge in [0.05, 0.1) is 16.5 Å². The quantitative estimate of drug-likeness (QED) is 0.306. The van der Waals surface area contributed by atoms with Gasteiger partial charge in [-0.3, -0.25) is 19.8 Å². The Morgan fingerprint density at radius 2 is 1.85 bits per heavy atom. The molecule has 170 valence electrons. The summed E-state index contributed by atoms with van der Waals surface area (Å²) >= 11 is 1.66. The molecule has 0 unspecified atom stereocenters. The second-order valence-electron chi connectivity index (χ2n) is 7.75. The number of thioether (sulfide) groups is 1. The molecule has 0 saturated carbocycles. The van der Waals surface area contributed by atoms with Gasteiger partial charge in [0.25, 0.3) is 5.69 Å². The van der Waals surface area contributed by atoms with Crippen LogP contribution in [0.2, 0.25) is 0 Å². The normalized spacial score (nSPS) is 14.1. The Kier molecular flexibility index (Phi) is 7.54. The summed E-state index contributed by atoms with van der Waals surface area (Å²) < 4.78 is 0. The number of hydrogen-bond acceptors (Lipinski definition) is 7. The number of piperazine rings is 1. The van der Waals surface area contributed by atoms with Crippen molar-refractivity contribution in [3.05, 3.63) is 88.6 Å². The monoisotopic (exact) mass is 463 g/mol. The number of hydrogen-bond donors (Lipinski definition) is 1. The van der Waals surface area contributed by atoms with Gasteiger partial charge in [-0.25, -0.2) is 4.98 Å². The molecule has 4 rings (SSSR count). The van der Waals surface area contributed by atoms with Crippen LogP contribution in [0.15, 0.2) is 78.0 Å². The number of carbonyl (C=O) groups is 1. The lowest BCUT2D eigenvalue weighted by atomic mass is 10.2. The number of benzene rings is 2. The third kappa shape index (κ3) is 6.53. The van der Waals surface area contributed by atoms with E-state index in [0.717, 1.165) is 40.8 Å². The number of nitro benzene ring substituents is 1. The van der Waals surface area contributed by atoms with Crippen molar-refractivity contribution in [3.8, 4) is 0 Å². The van der Waals surface area contributed by atoms with Crippen molar-refractivity contribution < 1.29 is 9.72 Å². The molecule has 2 heterocycles. The minimum Gasteiger partial charge on any atom is -0.369 e. The highest BCUT2D eigenvalue weighted by Crippen LogP contribution is 2.23. The first-order valence-corrected chi connectivity index (χ1v) is 11.7. The maximum absolute atomic E-state index is 12.6. The molecule has 0 spiro atoms. The molecule has 1 fully saturated rings. The minimum absolute atomic E-state index is 0.0478. The van der Waals surface area contributed by atoms with Crippen LogP contribution in [0, 0.1) is 10.1 Å². The Hall–Kier alpha value is -3.43. The largest absolute Gasteiger partial charge is 0.369 e. The highest BCUT2D eigenvalue weighted by atomic mass is 32.2. The van der Waals surface area contributed by atoms with Gasteiger partial charge in [-0.2, -0.15) is 0 Å². The molecular formula is C24H25N5O3S. The first-order valence-electron chi connectivity index (χ1n) is 10.7. The average Bonchev–Trinajstić information content (AvgIpc) is 2.84. The van der Waals surface area contributed by atoms with Gasteiger partial charge in [-0.15, -0.1) is 11.8 Å². The van der Waals surface area contributed by atoms with E-state index in [1.54, 1.807) is 30.1 Å². The summed E-state index contributed by atoms with van der Waals surface area (Å²) in [6.45, 7) is 3.19. The SMILES string of the molecule is O=C(CN1CCN(c2cccc([N+](=O)[O-])c2)CC1)Nc1cccc(CSc2ccccn2)c1. The van der Waals surface area contributed by atoms with Gasteiger partial charge in [-0.1, -0.05) is 24.3 Å². The molecule has 33 heavy (non-hydrogen) atoms. The molecule has 1 N–H and O–H groups in total. The number of nitrogens with zero attached hydrogens (tertiary/aromatic N) is 4. The standard InChI is InChI=1S/C24H25N5O3S/c30-23(26-20-6-3-5-19(15-20)18-33-24-9-1-2-10-25-24)17-27-11-13-28(14-12-27)21-7-4-8-22(16-21)29(31)32/h1-10,15-16H,11-14,17-18H2,(H,26,30). The molecule has 8 nitrogen and oxygen atoms in total. The number of nitro groups is 1. The summed E-state index contributed by atoms with van der Waals surface area (Å²) in [7, 11) is 0. The molecule has 2 aromatic carbocycles. The molecule has 1 aliphatic rings. The second kappa shape index (κ2) is 10.9. The van der Waals surface area contributed by atoms with Gasteiger partial charge in [0.2, 0.25) is 5.91 Å². The maximum Gasteiger partial charge on any atom is 0.271 e. The number of carbonyl (C=O) groups excluding carboxylic acids is 1. The Labute approximate surface area is 196 Å². The van der Waals surface area contributed by atoms with Crippen molar-refractivity contribution in [1.82, 2.24) is 9.88 Å². The van der Waals surface area contributed by atoms with E-state index in [1.165, 1.54) is 6.07 Å². The van der Waals surface area contributed by atoms with Crippen molar-refractivity contribution in [2.45, 2.75) is 10.8 Å². The highest BCUT2D eigenvalue weighted by molar-refractivity contribution is 7.98. The van der Waals surface area contributed by atoms with E-state index >= 15 is 0 Å². The summed E-state index contributed by atoms with van der Waals surface area (Å²) in [6.07, 6.45) is 1.78. The number of pyridine rings is 1. The zero-order chi connectivity index (χ0) is 23.0. The number of non-ortho nitro benzene ring substituents is 1. The molecule has 3 aromatic rings. The Bertz CT molecular complexity index is 1100. The molecular weight excluding hydrogens is 438 g/mol. The van der Waals surface area contributed by atoms with Gasteiger partial charge >= 0.3 is 0 Å². The Morgan fingerprint density at radius 3 is 2.61 bits per heavy atom. The molecule has 9 heteroatoms. The van der Waals surface area contributed by atoms with Gasteiger partial charge < -0.3 is 10.2 Å². The van der Waals surface area contributed by atoms with Crippen molar-refractivity contribution in [2.75, 3.05) is 42.9 Å². The summed E-state index contributed by atoms with van der Waals surface area (Å²) in [5.41, 5.74) is 2.84. The Balaban J connectivity index is 1.25. The lowest BCUT2D eigenvalue weighted by molar-refractivity contribution is -0.384. The molecule has 0 radical (unpaired) electrons. The molecule has 1 saturated heterocycles. The zero-order valence-corrected chi connectivity index (χ0v) is 18.9. The maximum atomic E-state index is 12.6. The van der Waals surface area contributed by atoms with Gasteiger partial charge in [0, 0.05) is 61.6 Å². The third-order valence-electron chi connectivity index (χ3n) is 5.38. The van der Waals surface area contributed by atoms with E-state index in [1.807, 2.05) is 48.5 Å². The molecule has 0 bridgehead atoms. The second-order valence-corrected chi connectivity index (χ2v) is 8.74. The first-order chi connectivity index (χ1) is 16.1. The average molecular weight is 464 g/mol. The van der Waals surface area contributed by atoms with E-state index in [2.05, 4.69) is 20.1 Å². The fraction of sp³-hybridized carbons (Fsp3) is 0.250. The van der Waals surface area contributed by atoms with Crippen LogP contribution in [0.25, 0.3) is 0 Å². The molecule has 1 amide bonds. The van der Waals surface area contributed by atoms with Crippen molar-refractivity contribution in [1.29, 1.82) is 0 Å². The third-order valence-corrected chi connectivity index (χ3v) is 6.40. The van der Waals surface area contributed by atoms with E-state index in [0.29, 0.717) is 19.6 Å². The number of nitrogens with one attached hydrogen (secondary N) is 1. The molecule has 1 aliphatic heterocycles. The molecule has 0 atom stereocenters. The van der Waals surface area contributed by atoms with E-state index in [4.69, 9.17) is 0 Å². The topological polar surface area (TPSA) is 91.6 Å². The number of anilines is 2. The molecule has 1 aromatic heterocycles. The van der Waals surface area contributed by atoms with Gasteiger partial charge in [0.1, 0.15) is 0 Å². The van der Waals surface area contributed by atoms with Crippen LogP contribution in [-0.4, -0.2) is 53.4 Å². The van der Waals surface area contributed by atoms with Crippen molar-refractivity contribution >= 4 is 34.7 Å². The van der Waals surface area contributed by atoms with Gasteiger partial charge in [0.15, 0.2) is 0 Å². The van der Waals surface area contributed by atoms with Crippen LogP contribution < -0.4 is 10.2 Å². The predicted octanol–water partition coefficient (Wildman–Crippen LogP) is 4.04. The summed E-state index contributed by atoms with van der Waals surface area (Å²) in [4.78, 5) is 31.8. The van der Waals surface area contributed by atoms with Crippen molar-refractivity contribution in [2.24, 2.45) is 0 Å². The number of aromatic nitrogens is 1. The first kappa shape index (κ1) is 22.8. The van der Waals surface area contributed by atoms with Crippen LogP contribution in [0.4, 0.5) is 17.1 Å².